The quantitative estimate of drug-likeness (QED) is 0.476. The van der Waals surface area contributed by atoms with Crippen molar-refractivity contribution in [1.29, 1.82) is 0 Å². The molecule has 0 aromatic heterocycles. The van der Waals surface area contributed by atoms with Crippen LogP contribution >= 0.6 is 0 Å². The molecule has 0 aromatic carbocycles. The molecule has 0 aromatic rings. The molecule has 98 valence electrons. The summed E-state index contributed by atoms with van der Waals surface area (Å²) in [7, 11) is 0. The van der Waals surface area contributed by atoms with Gasteiger partial charge in [0.05, 0.1) is 12.0 Å². The Labute approximate surface area is 101 Å². The highest BCUT2D eigenvalue weighted by Crippen LogP contribution is 2.34. The molecule has 6 heteroatoms. The Balaban J connectivity index is 2.58. The van der Waals surface area contributed by atoms with E-state index in [-0.39, 0.29) is 18.4 Å². The van der Waals surface area contributed by atoms with Crippen LogP contribution in [0.5, 0.6) is 0 Å². The predicted molar refractivity (Wildman–Crippen MR) is 63.0 cm³/mol. The lowest BCUT2D eigenvalue weighted by molar-refractivity contribution is -0.133. The molecule has 1 heterocycles. The van der Waals surface area contributed by atoms with E-state index in [4.69, 9.17) is 5.73 Å². The van der Waals surface area contributed by atoms with Crippen LogP contribution in [0.25, 0.3) is 0 Å². The van der Waals surface area contributed by atoms with Gasteiger partial charge in [-0.1, -0.05) is 13.8 Å². The lowest BCUT2D eigenvalue weighted by atomic mass is 9.75. The first-order valence-electron chi connectivity index (χ1n) is 5.86. The zero-order valence-electron chi connectivity index (χ0n) is 10.3. The fourth-order valence-corrected chi connectivity index (χ4v) is 2.13. The largest absolute Gasteiger partial charge is 0.381 e. The van der Waals surface area contributed by atoms with E-state index in [1.54, 1.807) is 0 Å². The summed E-state index contributed by atoms with van der Waals surface area (Å²) in [5.74, 6) is -0.755. The van der Waals surface area contributed by atoms with E-state index in [9.17, 15) is 14.7 Å². The van der Waals surface area contributed by atoms with Crippen molar-refractivity contribution in [3.63, 3.8) is 0 Å². The van der Waals surface area contributed by atoms with E-state index < -0.39 is 17.4 Å². The molecular formula is C11H21N3O3. The number of aliphatic hydroxyl groups excluding tert-OH is 1. The number of carbonyl (C=O) groups is 2. The van der Waals surface area contributed by atoms with Crippen LogP contribution in [0.15, 0.2) is 0 Å². The molecule has 6 nitrogen and oxygen atoms in total. The molecule has 0 aliphatic carbocycles. The number of hydrogen-bond donors (Lipinski definition) is 4. The second-order valence-electron chi connectivity index (χ2n) is 4.87. The molecule has 2 unspecified atom stereocenters. The number of nitrogens with one attached hydrogen (secondary N) is 2. The fourth-order valence-electron chi connectivity index (χ4n) is 2.13. The number of aliphatic hydroxyl groups is 1. The van der Waals surface area contributed by atoms with Crippen LogP contribution in [0.1, 0.15) is 20.3 Å². The molecule has 2 atom stereocenters. The van der Waals surface area contributed by atoms with Crippen molar-refractivity contribution in [2.24, 2.45) is 17.1 Å². The van der Waals surface area contributed by atoms with Gasteiger partial charge in [-0.25, -0.2) is 0 Å². The van der Waals surface area contributed by atoms with Crippen molar-refractivity contribution in [2.75, 3.05) is 19.6 Å². The second kappa shape index (κ2) is 5.46. The highest BCUT2D eigenvalue weighted by molar-refractivity contribution is 5.85. The molecular weight excluding hydrogens is 222 g/mol. The molecule has 1 saturated heterocycles. The third kappa shape index (κ3) is 2.95. The first-order chi connectivity index (χ1) is 7.90. The van der Waals surface area contributed by atoms with Crippen molar-refractivity contribution in [2.45, 2.75) is 26.4 Å². The summed E-state index contributed by atoms with van der Waals surface area (Å²) in [6.07, 6.45) is -0.555. The number of hydrogen-bond acceptors (Lipinski definition) is 4. The lowest BCUT2D eigenvalue weighted by Gasteiger charge is -2.31. The number of amides is 2. The summed E-state index contributed by atoms with van der Waals surface area (Å²) in [6.45, 7) is 5.31. The summed E-state index contributed by atoms with van der Waals surface area (Å²) in [4.78, 5) is 22.8. The summed E-state index contributed by atoms with van der Waals surface area (Å²) in [5, 5.41) is 15.0. The first kappa shape index (κ1) is 13.9. The van der Waals surface area contributed by atoms with Gasteiger partial charge in [-0.05, 0) is 18.9 Å². The van der Waals surface area contributed by atoms with Crippen LogP contribution < -0.4 is 16.4 Å². The van der Waals surface area contributed by atoms with Gasteiger partial charge >= 0.3 is 0 Å². The Morgan fingerprint density at radius 3 is 2.59 bits per heavy atom. The van der Waals surface area contributed by atoms with Gasteiger partial charge in [0.25, 0.3) is 0 Å². The minimum absolute atomic E-state index is 0.122. The molecule has 0 radical (unpaired) electrons. The lowest BCUT2D eigenvalue weighted by Crippen LogP contribution is -2.49. The average molecular weight is 243 g/mol. The van der Waals surface area contributed by atoms with E-state index >= 15 is 0 Å². The smallest absolute Gasteiger partial charge is 0.248 e. The molecule has 1 rings (SSSR count). The van der Waals surface area contributed by atoms with Gasteiger partial charge in [-0.15, -0.1) is 0 Å². The van der Waals surface area contributed by atoms with Gasteiger partial charge in [-0.2, -0.15) is 0 Å². The molecule has 1 fully saturated rings. The van der Waals surface area contributed by atoms with Crippen LogP contribution in [-0.4, -0.2) is 42.7 Å². The Hall–Kier alpha value is -1.14. The monoisotopic (exact) mass is 243 g/mol. The molecule has 1 aliphatic rings. The summed E-state index contributed by atoms with van der Waals surface area (Å²) >= 11 is 0. The van der Waals surface area contributed by atoms with Crippen molar-refractivity contribution in [3.05, 3.63) is 0 Å². The molecule has 17 heavy (non-hydrogen) atoms. The zero-order valence-corrected chi connectivity index (χ0v) is 10.3. The van der Waals surface area contributed by atoms with Crippen molar-refractivity contribution in [3.8, 4) is 0 Å². The summed E-state index contributed by atoms with van der Waals surface area (Å²) in [6, 6.07) is 0. The van der Waals surface area contributed by atoms with Crippen molar-refractivity contribution in [1.82, 2.24) is 10.6 Å². The Kier molecular flexibility index (Phi) is 4.47. The molecule has 5 N–H and O–H groups in total. The maximum Gasteiger partial charge on any atom is 0.248 e. The van der Waals surface area contributed by atoms with E-state index in [2.05, 4.69) is 10.6 Å². The van der Waals surface area contributed by atoms with Crippen LogP contribution in [0, 0.1) is 11.3 Å². The van der Waals surface area contributed by atoms with Crippen LogP contribution in [0.3, 0.4) is 0 Å². The topological polar surface area (TPSA) is 104 Å². The maximum atomic E-state index is 12.1. The normalized spacial score (nSPS) is 25.9. The standard InChI is InChI=1S/C11H21N3O3/c1-7(2)11(3-4-13-6-11)10(17)14-5-8(15)9(12)16/h7-8,13,15H,3-6H2,1-2H3,(H2,12,16)(H,14,17). The molecule has 1 aliphatic heterocycles. The van der Waals surface area contributed by atoms with Gasteiger partial charge in [0.15, 0.2) is 0 Å². The second-order valence-corrected chi connectivity index (χ2v) is 4.87. The van der Waals surface area contributed by atoms with Crippen LogP contribution in [0.4, 0.5) is 0 Å². The molecule has 0 saturated carbocycles. The third-order valence-electron chi connectivity index (χ3n) is 3.53. The maximum absolute atomic E-state index is 12.1. The fraction of sp³-hybridized carbons (Fsp3) is 0.818. The van der Waals surface area contributed by atoms with Crippen LogP contribution in [0.2, 0.25) is 0 Å². The number of rotatable bonds is 5. The van der Waals surface area contributed by atoms with E-state index in [1.807, 2.05) is 13.8 Å². The Morgan fingerprint density at radius 1 is 1.53 bits per heavy atom. The van der Waals surface area contributed by atoms with E-state index in [0.29, 0.717) is 6.54 Å². The summed E-state index contributed by atoms with van der Waals surface area (Å²) < 4.78 is 0. The van der Waals surface area contributed by atoms with Gasteiger partial charge in [-0.3, -0.25) is 9.59 Å². The van der Waals surface area contributed by atoms with Gasteiger partial charge in [0.2, 0.25) is 11.8 Å². The number of nitrogens with two attached hydrogens (primary N) is 1. The van der Waals surface area contributed by atoms with E-state index in [1.165, 1.54) is 0 Å². The summed E-state index contributed by atoms with van der Waals surface area (Å²) in [5.41, 5.74) is 4.47. The minimum atomic E-state index is -1.32. The number of carbonyl (C=O) groups excluding carboxylic acids is 2. The Bertz CT molecular complexity index is 298. The first-order valence-corrected chi connectivity index (χ1v) is 5.86. The van der Waals surface area contributed by atoms with Crippen molar-refractivity contribution < 1.29 is 14.7 Å². The van der Waals surface area contributed by atoms with E-state index in [0.717, 1.165) is 13.0 Å². The average Bonchev–Trinajstić information content (AvgIpc) is 2.75. The Morgan fingerprint density at radius 2 is 2.18 bits per heavy atom. The molecule has 0 bridgehead atoms. The molecule has 2 amide bonds. The highest BCUT2D eigenvalue weighted by Gasteiger charge is 2.43. The minimum Gasteiger partial charge on any atom is -0.381 e. The number of primary amides is 1. The highest BCUT2D eigenvalue weighted by atomic mass is 16.3. The third-order valence-corrected chi connectivity index (χ3v) is 3.53. The van der Waals surface area contributed by atoms with Gasteiger partial charge < -0.3 is 21.5 Å². The SMILES string of the molecule is CC(C)C1(C(=O)NCC(O)C(N)=O)CCNC1. The van der Waals surface area contributed by atoms with Gasteiger partial charge in [0, 0.05) is 6.54 Å². The van der Waals surface area contributed by atoms with Crippen molar-refractivity contribution >= 4 is 11.8 Å². The zero-order chi connectivity index (χ0) is 13.1. The molecule has 0 spiro atoms. The van der Waals surface area contributed by atoms with Crippen LogP contribution in [-0.2, 0) is 9.59 Å². The predicted octanol–water partition coefficient (Wildman–Crippen LogP) is -1.42. The van der Waals surface area contributed by atoms with Gasteiger partial charge in [0.1, 0.15) is 6.10 Å².